The van der Waals surface area contributed by atoms with E-state index in [0.29, 0.717) is 44.2 Å². The Labute approximate surface area is 216 Å². The molecule has 2 aromatic heterocycles. The Morgan fingerprint density at radius 2 is 1.84 bits per heavy atom. The van der Waals surface area contributed by atoms with Crippen molar-refractivity contribution >= 4 is 34.5 Å². The van der Waals surface area contributed by atoms with Gasteiger partial charge in [0.05, 0.1) is 34.7 Å². The maximum absolute atomic E-state index is 13.1. The van der Waals surface area contributed by atoms with Gasteiger partial charge in [-0.3, -0.25) is 4.98 Å². The monoisotopic (exact) mass is 528 g/mol. The number of carbonyl (C=O) groups excluding carboxylic acids is 1. The second kappa shape index (κ2) is 10.7. The molecule has 0 bridgehead atoms. The van der Waals surface area contributed by atoms with E-state index in [2.05, 4.69) is 9.97 Å². The lowest BCUT2D eigenvalue weighted by atomic mass is 9.93. The summed E-state index contributed by atoms with van der Waals surface area (Å²) in [6, 6.07) is 13.2. The first-order chi connectivity index (χ1) is 17.6. The first kappa shape index (κ1) is 26.3. The van der Waals surface area contributed by atoms with E-state index in [1.54, 1.807) is 19.1 Å². The number of nitrogens with zero attached hydrogens (tertiary/aromatic N) is 1. The summed E-state index contributed by atoms with van der Waals surface area (Å²) in [5.41, 5.74) is 2.73. The maximum atomic E-state index is 13.1. The zero-order valence-corrected chi connectivity index (χ0v) is 21.1. The third-order valence-electron chi connectivity index (χ3n) is 5.48. The van der Waals surface area contributed by atoms with Crippen LogP contribution in [0.3, 0.4) is 0 Å². The second-order valence-corrected chi connectivity index (χ2v) is 8.85. The molecule has 0 saturated heterocycles. The van der Waals surface area contributed by atoms with Gasteiger partial charge in [0.15, 0.2) is 0 Å². The largest absolute Gasteiger partial charge is 0.491 e. The number of aromatic nitrogens is 2. The van der Waals surface area contributed by atoms with Crippen LogP contribution in [0, 0.1) is 0 Å². The number of nitrogens with one attached hydrogen (secondary N) is 1. The quantitative estimate of drug-likeness (QED) is 0.195. The van der Waals surface area contributed by atoms with Crippen LogP contribution < -0.4 is 4.74 Å². The number of aromatic amines is 1. The van der Waals surface area contributed by atoms with E-state index in [1.807, 2.05) is 38.1 Å². The van der Waals surface area contributed by atoms with Gasteiger partial charge in [-0.15, -0.1) is 0 Å². The fraction of sp³-hybridized carbons (Fsp3) is 0.214. The van der Waals surface area contributed by atoms with Gasteiger partial charge < -0.3 is 14.5 Å². The van der Waals surface area contributed by atoms with Gasteiger partial charge in [0.25, 0.3) is 0 Å². The van der Waals surface area contributed by atoms with Crippen molar-refractivity contribution in [2.45, 2.75) is 33.1 Å². The third-order valence-corrected chi connectivity index (χ3v) is 5.88. The van der Waals surface area contributed by atoms with Crippen LogP contribution in [0.15, 0.2) is 60.8 Å². The Hall–Kier alpha value is -3.78. The molecule has 2 aromatic carbocycles. The van der Waals surface area contributed by atoms with Gasteiger partial charge in [-0.1, -0.05) is 29.8 Å². The average Bonchev–Trinajstić information content (AvgIpc) is 3.17. The minimum absolute atomic E-state index is 0.00551. The van der Waals surface area contributed by atoms with Crippen molar-refractivity contribution in [1.29, 1.82) is 0 Å². The number of pyridine rings is 1. The molecule has 0 fully saturated rings. The lowest BCUT2D eigenvalue weighted by Gasteiger charge is -2.14. The lowest BCUT2D eigenvalue weighted by molar-refractivity contribution is -0.138. The standard InChI is InChI=1S/C28H24ClF3N2O3/c1-4-36-24(35)14-13-23-27(29)26-22(34-23)12-10-20(21-11-7-18(15-33-21)28(30,31)32)25(26)17-5-8-19(9-6-17)37-16(2)3/h5-16,34H,4H2,1-3H3. The molecule has 0 radical (unpaired) electrons. The van der Waals surface area contributed by atoms with E-state index in [0.717, 1.165) is 17.8 Å². The summed E-state index contributed by atoms with van der Waals surface area (Å²) in [6.07, 6.45) is -0.881. The topological polar surface area (TPSA) is 64.2 Å². The highest BCUT2D eigenvalue weighted by molar-refractivity contribution is 6.38. The number of hydrogen-bond acceptors (Lipinski definition) is 4. The zero-order chi connectivity index (χ0) is 26.7. The normalized spacial score (nSPS) is 12.0. The Bertz CT molecular complexity index is 1440. The van der Waals surface area contributed by atoms with Gasteiger partial charge in [-0.05, 0) is 62.7 Å². The molecule has 192 valence electrons. The predicted molar refractivity (Wildman–Crippen MR) is 138 cm³/mol. The molecule has 2 heterocycles. The molecular formula is C28H24ClF3N2O3. The molecule has 0 saturated carbocycles. The van der Waals surface area contributed by atoms with Crippen LogP contribution in [0.2, 0.25) is 5.02 Å². The first-order valence-corrected chi connectivity index (χ1v) is 12.0. The van der Waals surface area contributed by atoms with Crippen LogP contribution >= 0.6 is 11.6 Å². The number of H-pyrrole nitrogens is 1. The minimum Gasteiger partial charge on any atom is -0.491 e. The predicted octanol–water partition coefficient (Wildman–Crippen LogP) is 7.93. The second-order valence-electron chi connectivity index (χ2n) is 8.47. The summed E-state index contributed by atoms with van der Waals surface area (Å²) in [7, 11) is 0. The molecule has 0 aliphatic heterocycles. The van der Waals surface area contributed by atoms with E-state index >= 15 is 0 Å². The molecule has 0 unspecified atom stereocenters. The minimum atomic E-state index is -4.49. The fourth-order valence-electron chi connectivity index (χ4n) is 3.93. The Morgan fingerprint density at radius 3 is 2.43 bits per heavy atom. The number of esters is 1. The van der Waals surface area contributed by atoms with Gasteiger partial charge in [0, 0.05) is 34.3 Å². The van der Waals surface area contributed by atoms with Gasteiger partial charge in [0.1, 0.15) is 5.75 Å². The lowest BCUT2D eigenvalue weighted by Crippen LogP contribution is -2.05. The first-order valence-electron chi connectivity index (χ1n) is 11.6. The number of hydrogen-bond donors (Lipinski definition) is 1. The van der Waals surface area contributed by atoms with E-state index in [-0.39, 0.29) is 12.7 Å². The zero-order valence-electron chi connectivity index (χ0n) is 20.3. The molecule has 9 heteroatoms. The number of halogens is 4. The highest BCUT2D eigenvalue weighted by Crippen LogP contribution is 2.43. The third kappa shape index (κ3) is 5.80. The molecule has 5 nitrogen and oxygen atoms in total. The number of fused-ring (bicyclic) bond motifs is 1. The molecule has 0 amide bonds. The Kier molecular flexibility index (Phi) is 7.59. The fourth-order valence-corrected chi connectivity index (χ4v) is 4.24. The molecule has 0 atom stereocenters. The highest BCUT2D eigenvalue weighted by atomic mass is 35.5. The Morgan fingerprint density at radius 1 is 1.11 bits per heavy atom. The van der Waals surface area contributed by atoms with E-state index in [9.17, 15) is 18.0 Å². The van der Waals surface area contributed by atoms with Crippen molar-refractivity contribution in [3.8, 4) is 28.1 Å². The smallest absolute Gasteiger partial charge is 0.417 e. The number of benzene rings is 2. The molecule has 4 rings (SSSR count). The van der Waals surface area contributed by atoms with Gasteiger partial charge >= 0.3 is 12.1 Å². The van der Waals surface area contributed by atoms with Crippen molar-refractivity contribution in [2.75, 3.05) is 6.61 Å². The van der Waals surface area contributed by atoms with E-state index in [1.165, 1.54) is 18.2 Å². The number of ether oxygens (including phenoxy) is 2. The van der Waals surface area contributed by atoms with E-state index < -0.39 is 17.7 Å². The summed E-state index contributed by atoms with van der Waals surface area (Å²) < 4.78 is 50.1. The van der Waals surface area contributed by atoms with Crippen molar-refractivity contribution in [1.82, 2.24) is 9.97 Å². The van der Waals surface area contributed by atoms with Crippen molar-refractivity contribution < 1.29 is 27.4 Å². The summed E-state index contributed by atoms with van der Waals surface area (Å²) >= 11 is 6.79. The van der Waals surface area contributed by atoms with Crippen LogP contribution in [-0.4, -0.2) is 28.6 Å². The summed E-state index contributed by atoms with van der Waals surface area (Å²) in [5.74, 6) is 0.172. The number of rotatable bonds is 7. The molecular weight excluding hydrogens is 505 g/mol. The SMILES string of the molecule is CCOC(=O)C=Cc1[nH]c2ccc(-c3ccc(C(F)(F)F)cn3)c(-c3ccc(OC(C)C)cc3)c2c1Cl. The molecule has 0 spiro atoms. The van der Waals surface area contributed by atoms with Gasteiger partial charge in [0.2, 0.25) is 0 Å². The summed E-state index contributed by atoms with van der Waals surface area (Å²) in [4.78, 5) is 19.1. The maximum Gasteiger partial charge on any atom is 0.417 e. The molecule has 1 N–H and O–H groups in total. The average molecular weight is 529 g/mol. The van der Waals surface area contributed by atoms with Gasteiger partial charge in [-0.25, -0.2) is 4.79 Å². The van der Waals surface area contributed by atoms with Crippen LogP contribution in [0.5, 0.6) is 5.75 Å². The number of carbonyl (C=O) groups is 1. The number of alkyl halides is 3. The van der Waals surface area contributed by atoms with Gasteiger partial charge in [-0.2, -0.15) is 13.2 Å². The molecule has 37 heavy (non-hydrogen) atoms. The Balaban J connectivity index is 1.90. The van der Waals surface area contributed by atoms with Crippen molar-refractivity contribution in [3.05, 3.63) is 77.1 Å². The van der Waals surface area contributed by atoms with E-state index in [4.69, 9.17) is 21.1 Å². The highest BCUT2D eigenvalue weighted by Gasteiger charge is 2.31. The summed E-state index contributed by atoms with van der Waals surface area (Å²) in [6.45, 7) is 5.80. The van der Waals surface area contributed by atoms with Crippen LogP contribution in [0.4, 0.5) is 13.2 Å². The van der Waals surface area contributed by atoms with Crippen LogP contribution in [0.25, 0.3) is 39.4 Å². The molecule has 0 aliphatic carbocycles. The van der Waals surface area contributed by atoms with Crippen LogP contribution in [0.1, 0.15) is 32.0 Å². The molecule has 0 aliphatic rings. The van der Waals surface area contributed by atoms with Crippen molar-refractivity contribution in [3.63, 3.8) is 0 Å². The van der Waals surface area contributed by atoms with Crippen LogP contribution in [-0.2, 0) is 15.7 Å². The molecule has 4 aromatic rings. The summed E-state index contributed by atoms with van der Waals surface area (Å²) in [5, 5.41) is 0.990. The van der Waals surface area contributed by atoms with Crippen molar-refractivity contribution in [2.24, 2.45) is 0 Å².